The van der Waals surface area contributed by atoms with Crippen molar-refractivity contribution in [2.24, 2.45) is 0 Å². The van der Waals surface area contributed by atoms with Crippen LogP contribution in [0.25, 0.3) is 4.85 Å². The largest absolute Gasteiger partial charge is 0.310 e. The first kappa shape index (κ1) is 15.5. The Hall–Kier alpha value is -0.590. The second kappa shape index (κ2) is 5.59. The monoisotopic (exact) mass is 251 g/mol. The minimum Gasteiger partial charge on any atom is -0.310 e. The van der Waals surface area contributed by atoms with E-state index in [1.165, 1.54) is 25.9 Å². The molecule has 0 aromatic heterocycles. The Morgan fingerprint density at radius 2 is 1.67 bits per heavy atom. The van der Waals surface area contributed by atoms with Crippen molar-refractivity contribution >= 4 is 0 Å². The molecule has 1 rings (SSSR count). The number of hydrogen-bond acceptors (Lipinski definition) is 2. The van der Waals surface area contributed by atoms with Gasteiger partial charge in [0.15, 0.2) is 0 Å². The van der Waals surface area contributed by atoms with Crippen molar-refractivity contribution in [2.75, 3.05) is 26.7 Å². The van der Waals surface area contributed by atoms with Crippen LogP contribution in [-0.2, 0) is 0 Å². The number of rotatable bonds is 3. The Labute approximate surface area is 113 Å². The standard InChI is InChI=1S/C15H29N3/c1-14(2,3)18-10-8-13(9-11-18)17(7)12-15(4,5)16-6/h13H,8-12H2,1-5,7H3. The first-order chi connectivity index (χ1) is 8.15. The summed E-state index contributed by atoms with van der Waals surface area (Å²) in [5.41, 5.74) is 0.0369. The molecule has 0 aromatic carbocycles. The fourth-order valence-electron chi connectivity index (χ4n) is 2.75. The van der Waals surface area contributed by atoms with Gasteiger partial charge in [0.25, 0.3) is 0 Å². The molecule has 0 radical (unpaired) electrons. The highest BCUT2D eigenvalue weighted by molar-refractivity contribution is 4.94. The van der Waals surface area contributed by atoms with Crippen LogP contribution < -0.4 is 0 Å². The molecular weight excluding hydrogens is 222 g/mol. The van der Waals surface area contributed by atoms with Gasteiger partial charge in [-0.2, -0.15) is 0 Å². The van der Waals surface area contributed by atoms with Gasteiger partial charge in [0, 0.05) is 38.5 Å². The van der Waals surface area contributed by atoms with Crippen molar-refractivity contribution in [1.29, 1.82) is 0 Å². The van der Waals surface area contributed by atoms with E-state index in [2.05, 4.69) is 42.5 Å². The van der Waals surface area contributed by atoms with E-state index in [-0.39, 0.29) is 5.54 Å². The summed E-state index contributed by atoms with van der Waals surface area (Å²) in [5, 5.41) is 0. The summed E-state index contributed by atoms with van der Waals surface area (Å²) in [4.78, 5) is 8.66. The summed E-state index contributed by atoms with van der Waals surface area (Å²) in [7, 11) is 2.17. The molecule has 0 spiro atoms. The van der Waals surface area contributed by atoms with Crippen molar-refractivity contribution in [3.63, 3.8) is 0 Å². The maximum atomic E-state index is 7.22. The molecule has 0 aromatic rings. The molecule has 104 valence electrons. The van der Waals surface area contributed by atoms with Crippen LogP contribution in [0.15, 0.2) is 0 Å². The van der Waals surface area contributed by atoms with Gasteiger partial charge in [-0.1, -0.05) is 0 Å². The van der Waals surface area contributed by atoms with Crippen LogP contribution in [-0.4, -0.2) is 53.6 Å². The third-order valence-electron chi connectivity index (χ3n) is 3.98. The number of nitrogens with zero attached hydrogens (tertiary/aromatic N) is 3. The first-order valence-corrected chi connectivity index (χ1v) is 6.99. The summed E-state index contributed by atoms with van der Waals surface area (Å²) < 4.78 is 0. The Bertz CT molecular complexity index is 301. The van der Waals surface area contributed by atoms with Crippen molar-refractivity contribution < 1.29 is 0 Å². The lowest BCUT2D eigenvalue weighted by atomic mass is 9.96. The van der Waals surface area contributed by atoms with Crippen LogP contribution in [0.1, 0.15) is 47.5 Å². The maximum Gasteiger partial charge on any atom is 0.239 e. The highest BCUT2D eigenvalue weighted by atomic mass is 15.2. The van der Waals surface area contributed by atoms with Gasteiger partial charge < -0.3 is 4.85 Å². The second-order valence-electron chi connectivity index (χ2n) is 7.23. The molecule has 1 saturated heterocycles. The van der Waals surface area contributed by atoms with Crippen LogP contribution >= 0.6 is 0 Å². The Morgan fingerprint density at radius 3 is 2.06 bits per heavy atom. The van der Waals surface area contributed by atoms with Gasteiger partial charge in [0.1, 0.15) is 0 Å². The molecule has 1 heterocycles. The summed E-state index contributed by atoms with van der Waals surface area (Å²) >= 11 is 0. The molecule has 1 aliphatic heterocycles. The van der Waals surface area contributed by atoms with E-state index >= 15 is 0 Å². The Morgan fingerprint density at radius 1 is 1.17 bits per heavy atom. The van der Waals surface area contributed by atoms with Crippen LogP contribution in [0.3, 0.4) is 0 Å². The van der Waals surface area contributed by atoms with Crippen LogP contribution in [0.5, 0.6) is 0 Å². The van der Waals surface area contributed by atoms with E-state index in [1.807, 2.05) is 13.8 Å². The van der Waals surface area contributed by atoms with E-state index < -0.39 is 0 Å². The van der Waals surface area contributed by atoms with Crippen LogP contribution in [0, 0.1) is 6.57 Å². The van der Waals surface area contributed by atoms with E-state index in [0.717, 1.165) is 6.54 Å². The molecule has 0 amide bonds. The lowest BCUT2D eigenvalue weighted by molar-refractivity contribution is 0.0618. The first-order valence-electron chi connectivity index (χ1n) is 6.99. The van der Waals surface area contributed by atoms with Gasteiger partial charge >= 0.3 is 0 Å². The molecule has 18 heavy (non-hydrogen) atoms. The minimum absolute atomic E-state index is 0.254. The summed E-state index contributed by atoms with van der Waals surface area (Å²) in [6.07, 6.45) is 2.45. The summed E-state index contributed by atoms with van der Waals surface area (Å²) in [6.45, 7) is 21.4. The highest BCUT2D eigenvalue weighted by Gasteiger charge is 2.32. The molecular formula is C15H29N3. The third-order valence-corrected chi connectivity index (χ3v) is 3.98. The van der Waals surface area contributed by atoms with Gasteiger partial charge in [-0.15, -0.1) is 0 Å². The van der Waals surface area contributed by atoms with Crippen molar-refractivity contribution in [3.05, 3.63) is 11.4 Å². The van der Waals surface area contributed by atoms with E-state index in [0.29, 0.717) is 11.6 Å². The van der Waals surface area contributed by atoms with Crippen LogP contribution in [0.4, 0.5) is 0 Å². The fourth-order valence-corrected chi connectivity index (χ4v) is 2.75. The average molecular weight is 251 g/mol. The smallest absolute Gasteiger partial charge is 0.239 e. The van der Waals surface area contributed by atoms with E-state index in [4.69, 9.17) is 6.57 Å². The highest BCUT2D eigenvalue weighted by Crippen LogP contribution is 2.23. The Balaban J connectivity index is 2.46. The predicted molar refractivity (Wildman–Crippen MR) is 77.7 cm³/mol. The normalized spacial score (nSPS) is 20.1. The summed E-state index contributed by atoms with van der Waals surface area (Å²) in [5.74, 6) is 0. The lowest BCUT2D eigenvalue weighted by Gasteiger charge is -2.43. The van der Waals surface area contributed by atoms with E-state index in [9.17, 15) is 0 Å². The zero-order valence-electron chi connectivity index (χ0n) is 13.0. The van der Waals surface area contributed by atoms with Gasteiger partial charge in [-0.05, 0) is 40.7 Å². The molecule has 0 aliphatic carbocycles. The number of likely N-dealkylation sites (tertiary alicyclic amines) is 1. The molecule has 0 saturated carbocycles. The fraction of sp³-hybridized carbons (Fsp3) is 0.933. The van der Waals surface area contributed by atoms with Gasteiger partial charge in [-0.25, -0.2) is 6.57 Å². The zero-order valence-corrected chi connectivity index (χ0v) is 13.0. The van der Waals surface area contributed by atoms with E-state index in [1.54, 1.807) is 0 Å². The number of piperidine rings is 1. The molecule has 3 heteroatoms. The molecule has 0 atom stereocenters. The molecule has 0 unspecified atom stereocenters. The van der Waals surface area contributed by atoms with Gasteiger partial charge in [0.2, 0.25) is 5.54 Å². The molecule has 0 N–H and O–H groups in total. The minimum atomic E-state index is -0.254. The lowest BCUT2D eigenvalue weighted by Crippen LogP contribution is -2.51. The summed E-state index contributed by atoms with van der Waals surface area (Å²) in [6, 6.07) is 0.643. The SMILES string of the molecule is [C-]#[N+]C(C)(C)CN(C)C1CCN(C(C)(C)C)CC1. The molecule has 1 aliphatic rings. The van der Waals surface area contributed by atoms with Crippen LogP contribution in [0.2, 0.25) is 0 Å². The number of likely N-dealkylation sites (N-methyl/N-ethyl adjacent to an activating group) is 1. The molecule has 0 bridgehead atoms. The van der Waals surface area contributed by atoms with Crippen molar-refractivity contribution in [2.45, 2.75) is 64.6 Å². The maximum absolute atomic E-state index is 7.22. The quantitative estimate of drug-likeness (QED) is 0.714. The van der Waals surface area contributed by atoms with Gasteiger partial charge in [-0.3, -0.25) is 9.80 Å². The topological polar surface area (TPSA) is 10.8 Å². The predicted octanol–water partition coefficient (Wildman–Crippen LogP) is 2.88. The molecule has 3 nitrogen and oxygen atoms in total. The third kappa shape index (κ3) is 4.26. The number of hydrogen-bond donors (Lipinski definition) is 0. The zero-order chi connectivity index (χ0) is 14.0. The Kier molecular flexibility index (Phi) is 4.80. The second-order valence-corrected chi connectivity index (χ2v) is 7.23. The molecule has 1 fully saturated rings. The van der Waals surface area contributed by atoms with Crippen molar-refractivity contribution in [3.8, 4) is 0 Å². The van der Waals surface area contributed by atoms with Crippen molar-refractivity contribution in [1.82, 2.24) is 9.80 Å². The van der Waals surface area contributed by atoms with Gasteiger partial charge in [0.05, 0.1) is 6.54 Å². The average Bonchev–Trinajstić information content (AvgIpc) is 2.27.